The predicted octanol–water partition coefficient (Wildman–Crippen LogP) is 16.9. The van der Waals surface area contributed by atoms with Gasteiger partial charge in [0.05, 0.1) is 16.7 Å². The van der Waals surface area contributed by atoms with Crippen LogP contribution < -0.4 is 0 Å². The van der Waals surface area contributed by atoms with E-state index >= 15 is 0 Å². The molecule has 12 rings (SSSR count). The molecule has 67 heavy (non-hydrogen) atoms. The van der Waals surface area contributed by atoms with E-state index in [0.717, 1.165) is 66.7 Å². The fourth-order valence-electron chi connectivity index (χ4n) is 9.43. The summed E-state index contributed by atoms with van der Waals surface area (Å²) in [4.78, 5) is 10.9. The second-order valence-electron chi connectivity index (χ2n) is 17.0. The molecule has 0 aliphatic heterocycles. The van der Waals surface area contributed by atoms with Gasteiger partial charge < -0.3 is 4.57 Å². The van der Waals surface area contributed by atoms with Crippen molar-refractivity contribution in [3.8, 4) is 95.1 Å². The van der Waals surface area contributed by atoms with Crippen LogP contribution in [0.25, 0.3) is 117 Å². The molecule has 3 heteroatoms. The largest absolute Gasteiger partial charge is 0.306 e. The number of para-hydroxylation sites is 2. The molecule has 2 heterocycles. The maximum absolute atomic E-state index is 5.48. The molecule has 0 bridgehead atoms. The van der Waals surface area contributed by atoms with Gasteiger partial charge in [-0.3, -0.25) is 0 Å². The number of benzene rings is 10. The predicted molar refractivity (Wildman–Crippen MR) is 280 cm³/mol. The van der Waals surface area contributed by atoms with E-state index in [1.807, 2.05) is 0 Å². The highest BCUT2D eigenvalue weighted by atomic mass is 15.0. The fraction of sp³-hybridized carbons (Fsp3) is 0. The molecular weight excluding hydrogens is 811 g/mol. The minimum atomic E-state index is 0.687. The molecule has 3 nitrogen and oxygen atoms in total. The van der Waals surface area contributed by atoms with E-state index < -0.39 is 0 Å². The number of fused-ring (bicyclic) bond motifs is 3. The Kier molecular flexibility index (Phi) is 10.2. The van der Waals surface area contributed by atoms with Crippen LogP contribution >= 0.6 is 0 Å². The average molecular weight is 854 g/mol. The van der Waals surface area contributed by atoms with Gasteiger partial charge in [0.1, 0.15) is 5.52 Å². The monoisotopic (exact) mass is 853 g/mol. The van der Waals surface area contributed by atoms with Gasteiger partial charge >= 0.3 is 0 Å². The summed E-state index contributed by atoms with van der Waals surface area (Å²) in [7, 11) is 0. The summed E-state index contributed by atoms with van der Waals surface area (Å²) >= 11 is 0. The first-order valence-corrected chi connectivity index (χ1v) is 22.8. The summed E-state index contributed by atoms with van der Waals surface area (Å²) in [5.74, 6) is 0.687. The lowest BCUT2D eigenvalue weighted by Gasteiger charge is -2.13. The van der Waals surface area contributed by atoms with Gasteiger partial charge in [0.2, 0.25) is 0 Å². The lowest BCUT2D eigenvalue weighted by Crippen LogP contribution is -2.00. The normalized spacial score (nSPS) is 11.3. The topological polar surface area (TPSA) is 30.7 Å². The zero-order chi connectivity index (χ0) is 44.5. The first-order chi connectivity index (χ1) is 33.2. The van der Waals surface area contributed by atoms with Crippen LogP contribution in [0.2, 0.25) is 0 Å². The van der Waals surface area contributed by atoms with E-state index in [2.05, 4.69) is 265 Å². The van der Waals surface area contributed by atoms with Crippen molar-refractivity contribution in [2.75, 3.05) is 0 Å². The molecule has 0 fully saturated rings. The quantitative estimate of drug-likeness (QED) is 0.145. The van der Waals surface area contributed by atoms with Gasteiger partial charge in [0.25, 0.3) is 0 Å². The van der Waals surface area contributed by atoms with Crippen molar-refractivity contribution in [1.29, 1.82) is 0 Å². The zero-order valence-electron chi connectivity index (χ0n) is 36.7. The highest BCUT2D eigenvalue weighted by Gasteiger charge is 2.21. The molecule has 0 aliphatic carbocycles. The summed E-state index contributed by atoms with van der Waals surface area (Å²) in [6.07, 6.45) is 0. The molecule has 0 N–H and O–H groups in total. The third-order valence-electron chi connectivity index (χ3n) is 12.8. The number of hydrogen-bond acceptors (Lipinski definition) is 2. The summed E-state index contributed by atoms with van der Waals surface area (Å²) in [5.41, 5.74) is 21.0. The van der Waals surface area contributed by atoms with E-state index in [1.165, 1.54) is 44.5 Å². The molecule has 0 aliphatic rings. The highest BCUT2D eigenvalue weighted by Crippen LogP contribution is 2.40. The standard InChI is InChI=1S/C64H43N3/c1-5-17-44(18-6-1)51-23-15-25-53(39-51)61-63-62(59-29-13-14-30-60(59)67(63)58-27-11-4-12-28-58)66-64(65-61)54-26-16-24-52(40-54)49-35-31-47(32-36-49)48-33-37-50(38-34-48)57-42-55(45-19-7-2-8-20-45)41-56(43-57)46-21-9-3-10-22-46/h1-43H. The summed E-state index contributed by atoms with van der Waals surface area (Å²) in [6, 6.07) is 93.0. The van der Waals surface area contributed by atoms with Crippen LogP contribution in [-0.2, 0) is 0 Å². The van der Waals surface area contributed by atoms with E-state index in [-0.39, 0.29) is 0 Å². The van der Waals surface area contributed by atoms with Crippen molar-refractivity contribution in [1.82, 2.24) is 14.5 Å². The minimum absolute atomic E-state index is 0.687. The maximum atomic E-state index is 5.48. The number of rotatable bonds is 9. The molecule has 2 aromatic heterocycles. The molecule has 10 aromatic carbocycles. The number of nitrogens with zero attached hydrogens (tertiary/aromatic N) is 3. The van der Waals surface area contributed by atoms with E-state index in [4.69, 9.17) is 9.97 Å². The Balaban J connectivity index is 0.900. The van der Waals surface area contributed by atoms with E-state index in [9.17, 15) is 0 Å². The van der Waals surface area contributed by atoms with Gasteiger partial charge in [0.15, 0.2) is 5.82 Å². The van der Waals surface area contributed by atoms with Crippen molar-refractivity contribution in [3.05, 3.63) is 261 Å². The first-order valence-electron chi connectivity index (χ1n) is 22.8. The molecule has 0 radical (unpaired) electrons. The molecular formula is C64H43N3. The van der Waals surface area contributed by atoms with Crippen LogP contribution in [0.1, 0.15) is 0 Å². The molecule has 0 atom stereocenters. The van der Waals surface area contributed by atoms with Crippen LogP contribution in [0.4, 0.5) is 0 Å². The van der Waals surface area contributed by atoms with Crippen molar-refractivity contribution < 1.29 is 0 Å². The van der Waals surface area contributed by atoms with Gasteiger partial charge in [-0.05, 0) is 115 Å². The second-order valence-corrected chi connectivity index (χ2v) is 17.0. The highest BCUT2D eigenvalue weighted by molar-refractivity contribution is 6.11. The Hall–Kier alpha value is -8.92. The van der Waals surface area contributed by atoms with Crippen molar-refractivity contribution >= 4 is 21.9 Å². The van der Waals surface area contributed by atoms with Gasteiger partial charge in [-0.15, -0.1) is 0 Å². The number of hydrogen-bond donors (Lipinski definition) is 0. The molecule has 0 saturated carbocycles. The van der Waals surface area contributed by atoms with Crippen LogP contribution in [0.5, 0.6) is 0 Å². The van der Waals surface area contributed by atoms with Crippen LogP contribution in [0.3, 0.4) is 0 Å². The lowest BCUT2D eigenvalue weighted by molar-refractivity contribution is 1.15. The molecule has 0 unspecified atom stereocenters. The Morgan fingerprint density at radius 1 is 0.254 bits per heavy atom. The van der Waals surface area contributed by atoms with Crippen LogP contribution in [-0.4, -0.2) is 14.5 Å². The molecule has 0 spiro atoms. The summed E-state index contributed by atoms with van der Waals surface area (Å²) < 4.78 is 2.32. The van der Waals surface area contributed by atoms with Gasteiger partial charge in [-0.2, -0.15) is 0 Å². The Labute approximate surface area is 390 Å². The molecule has 314 valence electrons. The fourth-order valence-corrected chi connectivity index (χ4v) is 9.43. The Morgan fingerprint density at radius 2 is 0.612 bits per heavy atom. The van der Waals surface area contributed by atoms with Gasteiger partial charge in [-0.25, -0.2) is 9.97 Å². The minimum Gasteiger partial charge on any atom is -0.306 e. The maximum Gasteiger partial charge on any atom is 0.160 e. The molecule has 0 saturated heterocycles. The van der Waals surface area contributed by atoms with Crippen molar-refractivity contribution in [2.24, 2.45) is 0 Å². The van der Waals surface area contributed by atoms with Crippen molar-refractivity contribution in [2.45, 2.75) is 0 Å². The Bertz CT molecular complexity index is 3630. The Morgan fingerprint density at radius 3 is 1.15 bits per heavy atom. The third-order valence-corrected chi connectivity index (χ3v) is 12.8. The van der Waals surface area contributed by atoms with Crippen LogP contribution in [0.15, 0.2) is 261 Å². The third kappa shape index (κ3) is 7.69. The summed E-state index contributed by atoms with van der Waals surface area (Å²) in [5, 5.41) is 1.09. The zero-order valence-corrected chi connectivity index (χ0v) is 36.7. The average Bonchev–Trinajstić information content (AvgIpc) is 3.76. The SMILES string of the molecule is c1ccc(-c2cc(-c3ccccc3)cc(-c3ccc(-c4ccc(-c5cccc(-c6nc(-c7cccc(-c8ccccc8)c7)c7c(n6)c6ccccc6n7-c6ccccc6)c5)cc4)cc3)c2)cc1. The number of aromatic nitrogens is 3. The van der Waals surface area contributed by atoms with Crippen LogP contribution in [0, 0.1) is 0 Å². The van der Waals surface area contributed by atoms with E-state index in [0.29, 0.717) is 5.82 Å². The van der Waals surface area contributed by atoms with Gasteiger partial charge in [-0.1, -0.05) is 212 Å². The molecule has 0 amide bonds. The smallest absolute Gasteiger partial charge is 0.160 e. The summed E-state index contributed by atoms with van der Waals surface area (Å²) in [6.45, 7) is 0. The van der Waals surface area contributed by atoms with Crippen molar-refractivity contribution in [3.63, 3.8) is 0 Å². The lowest BCUT2D eigenvalue weighted by atomic mass is 9.92. The second kappa shape index (κ2) is 17.2. The van der Waals surface area contributed by atoms with E-state index in [1.54, 1.807) is 0 Å². The molecule has 12 aromatic rings. The first kappa shape index (κ1) is 39.7. The van der Waals surface area contributed by atoms with Gasteiger partial charge in [0, 0.05) is 22.2 Å².